The molecule has 1 aromatic heterocycles. The van der Waals surface area contributed by atoms with Crippen LogP contribution in [0.4, 0.5) is 0 Å². The smallest absolute Gasteiger partial charge is 0.161 e. The van der Waals surface area contributed by atoms with Crippen LogP contribution in [0.3, 0.4) is 0 Å². The van der Waals surface area contributed by atoms with Gasteiger partial charge >= 0.3 is 0 Å². The fraction of sp³-hybridized carbons (Fsp3) is 0.211. The van der Waals surface area contributed by atoms with Gasteiger partial charge in [-0.05, 0) is 23.3 Å². The van der Waals surface area contributed by atoms with Crippen LogP contribution in [0.15, 0.2) is 60.9 Å². The van der Waals surface area contributed by atoms with Gasteiger partial charge < -0.3 is 19.1 Å². The lowest BCUT2D eigenvalue weighted by molar-refractivity contribution is 0.204. The average Bonchev–Trinajstić information content (AvgIpc) is 3.09. The van der Waals surface area contributed by atoms with Gasteiger partial charge in [0, 0.05) is 18.9 Å². The maximum atomic E-state index is 10.7. The number of aliphatic hydroxyl groups excluding tert-OH is 1. The van der Waals surface area contributed by atoms with Crippen molar-refractivity contribution in [1.29, 1.82) is 0 Å². The van der Waals surface area contributed by atoms with Crippen LogP contribution in [-0.2, 0) is 6.54 Å². The first-order valence-corrected chi connectivity index (χ1v) is 7.68. The van der Waals surface area contributed by atoms with Gasteiger partial charge in [0.1, 0.15) is 11.9 Å². The van der Waals surface area contributed by atoms with E-state index in [4.69, 9.17) is 9.47 Å². The first-order chi connectivity index (χ1) is 11.7. The van der Waals surface area contributed by atoms with Crippen LogP contribution in [0.5, 0.6) is 11.5 Å². The van der Waals surface area contributed by atoms with Crippen molar-refractivity contribution in [3.05, 3.63) is 77.9 Å². The number of nitrogens with zero attached hydrogens (tertiary/aromatic N) is 2. The number of ether oxygens (including phenoxy) is 2. The molecular weight excluding hydrogens is 304 g/mol. The minimum atomic E-state index is -0.844. The molecule has 1 N–H and O–H groups in total. The molecule has 2 aromatic carbocycles. The Morgan fingerprint density at radius 1 is 1.04 bits per heavy atom. The third-order valence-electron chi connectivity index (χ3n) is 3.91. The minimum Gasteiger partial charge on any atom is -0.493 e. The summed E-state index contributed by atoms with van der Waals surface area (Å²) in [6, 6.07) is 15.4. The SMILES string of the molecule is COc1ccc([C@H](O)c2nccn2Cc2ccccc2)cc1OC. The predicted molar refractivity (Wildman–Crippen MR) is 91.4 cm³/mol. The highest BCUT2D eigenvalue weighted by atomic mass is 16.5. The molecule has 3 rings (SSSR count). The number of methoxy groups -OCH3 is 2. The van der Waals surface area contributed by atoms with Gasteiger partial charge in [0.05, 0.1) is 14.2 Å². The minimum absolute atomic E-state index is 0.579. The molecule has 0 amide bonds. The second kappa shape index (κ2) is 7.19. The molecule has 0 unspecified atom stereocenters. The lowest BCUT2D eigenvalue weighted by Gasteiger charge is -2.16. The molecule has 0 aliphatic carbocycles. The van der Waals surface area contributed by atoms with E-state index >= 15 is 0 Å². The molecule has 5 nitrogen and oxygen atoms in total. The second-order valence-electron chi connectivity index (χ2n) is 5.42. The van der Waals surface area contributed by atoms with Crippen molar-refractivity contribution in [1.82, 2.24) is 9.55 Å². The second-order valence-corrected chi connectivity index (χ2v) is 5.42. The number of rotatable bonds is 6. The standard InChI is InChI=1S/C19H20N2O3/c1-23-16-9-8-15(12-17(16)24-2)18(22)19-20-10-11-21(19)13-14-6-4-3-5-7-14/h3-12,18,22H,13H2,1-2H3/t18-/m0/s1. The highest BCUT2D eigenvalue weighted by molar-refractivity contribution is 5.44. The number of benzene rings is 2. The molecule has 3 aromatic rings. The van der Waals surface area contributed by atoms with Gasteiger partial charge in [-0.1, -0.05) is 36.4 Å². The number of aromatic nitrogens is 2. The van der Waals surface area contributed by atoms with Crippen molar-refractivity contribution in [2.45, 2.75) is 12.6 Å². The third-order valence-corrected chi connectivity index (χ3v) is 3.91. The van der Waals surface area contributed by atoms with Crippen molar-refractivity contribution in [2.24, 2.45) is 0 Å². The fourth-order valence-corrected chi connectivity index (χ4v) is 2.65. The van der Waals surface area contributed by atoms with Crippen LogP contribution >= 0.6 is 0 Å². The monoisotopic (exact) mass is 324 g/mol. The molecule has 0 saturated carbocycles. The Morgan fingerprint density at radius 3 is 2.50 bits per heavy atom. The van der Waals surface area contributed by atoms with Crippen molar-refractivity contribution in [3.63, 3.8) is 0 Å². The van der Waals surface area contributed by atoms with Gasteiger partial charge in [-0.2, -0.15) is 0 Å². The number of hydrogen-bond donors (Lipinski definition) is 1. The zero-order valence-corrected chi connectivity index (χ0v) is 13.7. The van der Waals surface area contributed by atoms with Crippen molar-refractivity contribution < 1.29 is 14.6 Å². The summed E-state index contributed by atoms with van der Waals surface area (Å²) in [5, 5.41) is 10.7. The molecular formula is C19H20N2O3. The molecule has 0 fully saturated rings. The quantitative estimate of drug-likeness (QED) is 0.757. The summed E-state index contributed by atoms with van der Waals surface area (Å²) in [5.41, 5.74) is 1.85. The maximum absolute atomic E-state index is 10.7. The van der Waals surface area contributed by atoms with Crippen molar-refractivity contribution in [3.8, 4) is 11.5 Å². The maximum Gasteiger partial charge on any atom is 0.161 e. The lowest BCUT2D eigenvalue weighted by atomic mass is 10.1. The molecule has 5 heteroatoms. The molecule has 0 aliphatic heterocycles. The summed E-state index contributed by atoms with van der Waals surface area (Å²) < 4.78 is 12.5. The summed E-state index contributed by atoms with van der Waals surface area (Å²) in [5.74, 6) is 1.79. The summed E-state index contributed by atoms with van der Waals surface area (Å²) in [4.78, 5) is 4.33. The van der Waals surface area contributed by atoms with Crippen LogP contribution in [0.1, 0.15) is 23.1 Å². The van der Waals surface area contributed by atoms with E-state index in [2.05, 4.69) is 4.98 Å². The topological polar surface area (TPSA) is 56.5 Å². The highest BCUT2D eigenvalue weighted by Crippen LogP contribution is 2.31. The molecule has 1 heterocycles. The first-order valence-electron chi connectivity index (χ1n) is 7.68. The molecule has 0 spiro atoms. The van der Waals surface area contributed by atoms with Gasteiger partial charge in [-0.25, -0.2) is 4.98 Å². The van der Waals surface area contributed by atoms with Crippen LogP contribution in [0, 0.1) is 0 Å². The number of imidazole rings is 1. The van der Waals surface area contributed by atoms with Crippen molar-refractivity contribution in [2.75, 3.05) is 14.2 Å². The Labute approximate surface area is 141 Å². The van der Waals surface area contributed by atoms with E-state index in [0.717, 1.165) is 5.56 Å². The van der Waals surface area contributed by atoms with E-state index in [9.17, 15) is 5.11 Å². The Morgan fingerprint density at radius 2 is 1.79 bits per heavy atom. The van der Waals surface area contributed by atoms with E-state index in [-0.39, 0.29) is 0 Å². The summed E-state index contributed by atoms with van der Waals surface area (Å²) in [7, 11) is 3.16. The van der Waals surface area contributed by atoms with Gasteiger partial charge in [0.15, 0.2) is 11.5 Å². The Kier molecular flexibility index (Phi) is 4.82. The normalized spacial score (nSPS) is 12.0. The molecule has 0 aliphatic rings. The number of aliphatic hydroxyl groups is 1. The van der Waals surface area contributed by atoms with E-state index in [1.807, 2.05) is 47.2 Å². The molecule has 124 valence electrons. The van der Waals surface area contributed by atoms with E-state index in [0.29, 0.717) is 29.4 Å². The fourth-order valence-electron chi connectivity index (χ4n) is 2.65. The van der Waals surface area contributed by atoms with Crippen LogP contribution in [0.25, 0.3) is 0 Å². The molecule has 0 saturated heterocycles. The Balaban J connectivity index is 1.88. The first kappa shape index (κ1) is 16.1. The Bertz CT molecular complexity index is 799. The summed E-state index contributed by atoms with van der Waals surface area (Å²) >= 11 is 0. The summed E-state index contributed by atoms with van der Waals surface area (Å²) in [6.45, 7) is 0.653. The predicted octanol–water partition coefficient (Wildman–Crippen LogP) is 3.03. The molecule has 0 radical (unpaired) electrons. The van der Waals surface area contributed by atoms with Gasteiger partial charge in [0.2, 0.25) is 0 Å². The van der Waals surface area contributed by atoms with Gasteiger partial charge in [-0.15, -0.1) is 0 Å². The number of hydrogen-bond acceptors (Lipinski definition) is 4. The van der Waals surface area contributed by atoms with Gasteiger partial charge in [0.25, 0.3) is 0 Å². The zero-order chi connectivity index (χ0) is 16.9. The third kappa shape index (κ3) is 3.26. The highest BCUT2D eigenvalue weighted by Gasteiger charge is 2.18. The molecule has 1 atom stereocenters. The lowest BCUT2D eigenvalue weighted by Crippen LogP contribution is -2.11. The Hall–Kier alpha value is -2.79. The van der Waals surface area contributed by atoms with Gasteiger partial charge in [-0.3, -0.25) is 0 Å². The average molecular weight is 324 g/mol. The van der Waals surface area contributed by atoms with E-state index < -0.39 is 6.10 Å². The van der Waals surface area contributed by atoms with Crippen LogP contribution in [-0.4, -0.2) is 28.9 Å². The van der Waals surface area contributed by atoms with Crippen LogP contribution < -0.4 is 9.47 Å². The molecule has 0 bridgehead atoms. The zero-order valence-electron chi connectivity index (χ0n) is 13.7. The van der Waals surface area contributed by atoms with E-state index in [1.165, 1.54) is 0 Å². The molecule has 24 heavy (non-hydrogen) atoms. The van der Waals surface area contributed by atoms with Crippen LogP contribution in [0.2, 0.25) is 0 Å². The summed E-state index contributed by atoms with van der Waals surface area (Å²) in [6.07, 6.45) is 2.72. The largest absolute Gasteiger partial charge is 0.493 e. The van der Waals surface area contributed by atoms with E-state index in [1.54, 1.807) is 32.5 Å². The van der Waals surface area contributed by atoms with Crippen molar-refractivity contribution >= 4 is 0 Å².